The van der Waals surface area contributed by atoms with Crippen LogP contribution in [0.25, 0.3) is 0 Å². The van der Waals surface area contributed by atoms with Gasteiger partial charge in [0.1, 0.15) is 0 Å². The molecule has 1 saturated carbocycles. The fraction of sp³-hybridized carbons (Fsp3) is 0.647. The molecule has 100 valence electrons. The van der Waals surface area contributed by atoms with Gasteiger partial charge in [0.2, 0.25) is 0 Å². The van der Waals surface area contributed by atoms with Crippen molar-refractivity contribution in [2.24, 2.45) is 5.92 Å². The van der Waals surface area contributed by atoms with Crippen molar-refractivity contribution in [3.05, 3.63) is 34.4 Å². The maximum atomic E-state index is 3.65. The predicted octanol–water partition coefficient (Wildman–Crippen LogP) is 4.10. The number of hydrogen-bond acceptors (Lipinski definition) is 1. The van der Waals surface area contributed by atoms with Gasteiger partial charge in [-0.2, -0.15) is 0 Å². The summed E-state index contributed by atoms with van der Waals surface area (Å²) in [4.78, 5) is 0. The van der Waals surface area contributed by atoms with Crippen LogP contribution in [0.4, 0.5) is 0 Å². The summed E-state index contributed by atoms with van der Waals surface area (Å²) in [5.74, 6) is 1.34. The van der Waals surface area contributed by atoms with Crippen molar-refractivity contribution in [1.82, 2.24) is 5.32 Å². The van der Waals surface area contributed by atoms with E-state index in [-0.39, 0.29) is 0 Å². The van der Waals surface area contributed by atoms with Gasteiger partial charge in [-0.1, -0.05) is 26.0 Å². The molecule has 0 amide bonds. The van der Waals surface area contributed by atoms with E-state index < -0.39 is 0 Å². The Kier molecular flexibility index (Phi) is 4.11. The van der Waals surface area contributed by atoms with E-state index in [0.29, 0.717) is 11.8 Å². The van der Waals surface area contributed by atoms with Crippen molar-refractivity contribution in [2.75, 3.05) is 6.54 Å². The SMILES string of the molecule is Cc1cc(C)c(C(C)C(C)CNC2CC2)cc1C. The first-order chi connectivity index (χ1) is 8.49. The van der Waals surface area contributed by atoms with Crippen LogP contribution in [0.1, 0.15) is 54.9 Å². The Bertz CT molecular complexity index is 418. The minimum atomic E-state index is 0.635. The molecule has 1 nitrogen and oxygen atoms in total. The van der Waals surface area contributed by atoms with Crippen LogP contribution in [0.2, 0.25) is 0 Å². The van der Waals surface area contributed by atoms with Crippen LogP contribution in [0.15, 0.2) is 12.1 Å². The molecule has 0 radical (unpaired) electrons. The van der Waals surface area contributed by atoms with Crippen molar-refractivity contribution >= 4 is 0 Å². The van der Waals surface area contributed by atoms with E-state index in [1.165, 1.54) is 35.1 Å². The van der Waals surface area contributed by atoms with Gasteiger partial charge in [-0.15, -0.1) is 0 Å². The minimum absolute atomic E-state index is 0.635. The normalized spacial score (nSPS) is 18.7. The van der Waals surface area contributed by atoms with E-state index in [0.717, 1.165) is 12.6 Å². The molecule has 0 aromatic heterocycles. The summed E-state index contributed by atoms with van der Waals surface area (Å²) in [5.41, 5.74) is 5.81. The summed E-state index contributed by atoms with van der Waals surface area (Å²) < 4.78 is 0. The second-order valence-corrected chi connectivity index (χ2v) is 6.24. The van der Waals surface area contributed by atoms with Crippen LogP contribution < -0.4 is 5.32 Å². The Morgan fingerprint density at radius 3 is 2.28 bits per heavy atom. The largest absolute Gasteiger partial charge is 0.314 e. The molecule has 0 saturated heterocycles. The molecule has 18 heavy (non-hydrogen) atoms. The van der Waals surface area contributed by atoms with E-state index in [1.54, 1.807) is 0 Å². The van der Waals surface area contributed by atoms with Crippen molar-refractivity contribution in [2.45, 2.75) is 59.4 Å². The molecule has 1 aliphatic carbocycles. The molecule has 2 atom stereocenters. The molecule has 1 heteroatoms. The van der Waals surface area contributed by atoms with Gasteiger partial charge in [-0.25, -0.2) is 0 Å². The molecule has 1 aromatic carbocycles. The molecule has 0 heterocycles. The first-order valence-corrected chi connectivity index (χ1v) is 7.30. The molecule has 2 unspecified atom stereocenters. The predicted molar refractivity (Wildman–Crippen MR) is 79.3 cm³/mol. The van der Waals surface area contributed by atoms with Crippen molar-refractivity contribution < 1.29 is 0 Å². The van der Waals surface area contributed by atoms with Crippen LogP contribution in [0, 0.1) is 26.7 Å². The van der Waals surface area contributed by atoms with Crippen LogP contribution in [-0.4, -0.2) is 12.6 Å². The maximum absolute atomic E-state index is 3.65. The topological polar surface area (TPSA) is 12.0 Å². The molecule has 1 N–H and O–H groups in total. The fourth-order valence-electron chi connectivity index (χ4n) is 2.60. The standard InChI is InChI=1S/C17H27N/c1-11-8-13(3)17(9-12(11)2)15(5)14(4)10-18-16-6-7-16/h8-9,14-16,18H,6-7,10H2,1-5H3. The average Bonchev–Trinajstić information content (AvgIpc) is 3.14. The Morgan fingerprint density at radius 1 is 1.06 bits per heavy atom. The Hall–Kier alpha value is -0.820. The molecule has 2 rings (SSSR count). The van der Waals surface area contributed by atoms with Gasteiger partial charge in [-0.3, -0.25) is 0 Å². The van der Waals surface area contributed by atoms with Gasteiger partial charge >= 0.3 is 0 Å². The van der Waals surface area contributed by atoms with Gasteiger partial charge in [-0.05, 0) is 74.2 Å². The summed E-state index contributed by atoms with van der Waals surface area (Å²) in [7, 11) is 0. The zero-order valence-electron chi connectivity index (χ0n) is 12.5. The highest BCUT2D eigenvalue weighted by Crippen LogP contribution is 2.29. The lowest BCUT2D eigenvalue weighted by molar-refractivity contribution is 0.445. The highest BCUT2D eigenvalue weighted by Gasteiger charge is 2.23. The first kappa shape index (κ1) is 13.6. The highest BCUT2D eigenvalue weighted by molar-refractivity contribution is 5.38. The number of hydrogen-bond donors (Lipinski definition) is 1. The maximum Gasteiger partial charge on any atom is 0.00683 e. The van der Waals surface area contributed by atoms with Gasteiger partial charge in [0, 0.05) is 6.04 Å². The van der Waals surface area contributed by atoms with Gasteiger partial charge in [0.25, 0.3) is 0 Å². The van der Waals surface area contributed by atoms with E-state index in [2.05, 4.69) is 52.1 Å². The minimum Gasteiger partial charge on any atom is -0.314 e. The molecule has 1 aliphatic rings. The molecular weight excluding hydrogens is 218 g/mol. The van der Waals surface area contributed by atoms with Crippen molar-refractivity contribution in [3.63, 3.8) is 0 Å². The number of benzene rings is 1. The summed E-state index contributed by atoms with van der Waals surface area (Å²) in [6.07, 6.45) is 2.76. The van der Waals surface area contributed by atoms with Gasteiger partial charge in [0.15, 0.2) is 0 Å². The quantitative estimate of drug-likeness (QED) is 0.823. The summed E-state index contributed by atoms with van der Waals surface area (Å²) >= 11 is 0. The van der Waals surface area contributed by atoms with Gasteiger partial charge < -0.3 is 5.32 Å². The lowest BCUT2D eigenvalue weighted by Gasteiger charge is -2.23. The lowest BCUT2D eigenvalue weighted by atomic mass is 9.84. The number of nitrogens with one attached hydrogen (secondary N) is 1. The first-order valence-electron chi connectivity index (χ1n) is 7.30. The van der Waals surface area contributed by atoms with Crippen LogP contribution in [-0.2, 0) is 0 Å². The monoisotopic (exact) mass is 245 g/mol. The summed E-state index contributed by atoms with van der Waals surface area (Å²) in [6.45, 7) is 12.6. The van der Waals surface area contributed by atoms with E-state index in [1.807, 2.05) is 0 Å². The highest BCUT2D eigenvalue weighted by atomic mass is 14.9. The van der Waals surface area contributed by atoms with E-state index in [4.69, 9.17) is 0 Å². The molecule has 0 aliphatic heterocycles. The smallest absolute Gasteiger partial charge is 0.00683 e. The Balaban J connectivity index is 2.06. The zero-order chi connectivity index (χ0) is 13.3. The van der Waals surface area contributed by atoms with Crippen LogP contribution in [0.3, 0.4) is 0 Å². The van der Waals surface area contributed by atoms with Crippen LogP contribution >= 0.6 is 0 Å². The Labute approximate surface area is 112 Å². The number of rotatable bonds is 5. The molecule has 1 fully saturated rings. The molecule has 0 bridgehead atoms. The zero-order valence-corrected chi connectivity index (χ0v) is 12.5. The molecular formula is C17H27N. The van der Waals surface area contributed by atoms with E-state index in [9.17, 15) is 0 Å². The molecule has 1 aromatic rings. The third-order valence-electron chi connectivity index (χ3n) is 4.53. The van der Waals surface area contributed by atoms with Crippen molar-refractivity contribution in [3.8, 4) is 0 Å². The van der Waals surface area contributed by atoms with E-state index >= 15 is 0 Å². The second-order valence-electron chi connectivity index (χ2n) is 6.24. The Morgan fingerprint density at radius 2 is 1.67 bits per heavy atom. The average molecular weight is 245 g/mol. The molecule has 0 spiro atoms. The van der Waals surface area contributed by atoms with Crippen molar-refractivity contribution in [1.29, 1.82) is 0 Å². The summed E-state index contributed by atoms with van der Waals surface area (Å²) in [5, 5.41) is 3.65. The third-order valence-corrected chi connectivity index (χ3v) is 4.53. The fourth-order valence-corrected chi connectivity index (χ4v) is 2.60. The van der Waals surface area contributed by atoms with Crippen LogP contribution in [0.5, 0.6) is 0 Å². The number of aryl methyl sites for hydroxylation is 3. The van der Waals surface area contributed by atoms with Gasteiger partial charge in [0.05, 0.1) is 0 Å². The third kappa shape index (κ3) is 3.14. The second kappa shape index (κ2) is 5.44. The lowest BCUT2D eigenvalue weighted by Crippen LogP contribution is -2.26. The summed E-state index contributed by atoms with van der Waals surface area (Å²) in [6, 6.07) is 5.55.